The maximum Gasteiger partial charge on any atom is 0.411 e. The molecule has 2 amide bonds. The van der Waals surface area contributed by atoms with Gasteiger partial charge in [0.1, 0.15) is 5.75 Å². The first-order valence-electron chi connectivity index (χ1n) is 8.85. The van der Waals surface area contributed by atoms with E-state index in [1.807, 2.05) is 24.3 Å². The molecule has 0 fully saturated rings. The molecule has 0 unspecified atom stereocenters. The van der Waals surface area contributed by atoms with Gasteiger partial charge in [-0.3, -0.25) is 10.1 Å². The molecule has 2 aromatic carbocycles. The van der Waals surface area contributed by atoms with Gasteiger partial charge in [-0.2, -0.15) is 0 Å². The van der Waals surface area contributed by atoms with Crippen LogP contribution in [0.2, 0.25) is 0 Å². The fourth-order valence-corrected chi connectivity index (χ4v) is 2.53. The Morgan fingerprint density at radius 1 is 1.00 bits per heavy atom. The Balaban J connectivity index is 1.96. The lowest BCUT2D eigenvalue weighted by Gasteiger charge is -2.23. The van der Waals surface area contributed by atoms with Crippen molar-refractivity contribution < 1.29 is 19.1 Å². The van der Waals surface area contributed by atoms with Crippen LogP contribution in [-0.4, -0.2) is 25.2 Å². The predicted molar refractivity (Wildman–Crippen MR) is 106 cm³/mol. The predicted octanol–water partition coefficient (Wildman–Crippen LogP) is 4.57. The van der Waals surface area contributed by atoms with Crippen molar-refractivity contribution in [2.45, 2.75) is 33.1 Å². The molecule has 0 saturated carbocycles. The highest BCUT2D eigenvalue weighted by atomic mass is 16.5. The maximum absolute atomic E-state index is 12.3. The molecule has 0 spiro atoms. The standard InChI is InChI=1S/C21H26N2O4/c1-5-26-20(25)22-15-9-8-10-16(13-15)27-14-19(24)23-18-12-7-6-11-17(18)21(2,3)4/h6-13H,5,14H2,1-4H3,(H,22,25)(H,23,24). The zero-order valence-corrected chi connectivity index (χ0v) is 16.2. The third-order valence-electron chi connectivity index (χ3n) is 3.73. The molecular formula is C21H26N2O4. The minimum absolute atomic E-state index is 0.0855. The molecule has 2 rings (SSSR count). The highest BCUT2D eigenvalue weighted by Gasteiger charge is 2.18. The Kier molecular flexibility index (Phi) is 6.82. The summed E-state index contributed by atoms with van der Waals surface area (Å²) in [6.07, 6.45) is -0.536. The topological polar surface area (TPSA) is 76.7 Å². The summed E-state index contributed by atoms with van der Waals surface area (Å²) >= 11 is 0. The van der Waals surface area contributed by atoms with Crippen molar-refractivity contribution in [1.82, 2.24) is 0 Å². The van der Waals surface area contributed by atoms with Crippen molar-refractivity contribution >= 4 is 23.4 Å². The summed E-state index contributed by atoms with van der Waals surface area (Å²) in [7, 11) is 0. The molecule has 6 nitrogen and oxygen atoms in total. The van der Waals surface area contributed by atoms with Gasteiger partial charge >= 0.3 is 6.09 Å². The van der Waals surface area contributed by atoms with Crippen LogP contribution in [0.5, 0.6) is 5.75 Å². The summed E-state index contributed by atoms with van der Waals surface area (Å²) in [5.41, 5.74) is 2.28. The molecule has 144 valence electrons. The van der Waals surface area contributed by atoms with Crippen LogP contribution in [0.1, 0.15) is 33.3 Å². The van der Waals surface area contributed by atoms with E-state index < -0.39 is 6.09 Å². The van der Waals surface area contributed by atoms with E-state index in [0.717, 1.165) is 11.3 Å². The van der Waals surface area contributed by atoms with Crippen LogP contribution in [0.4, 0.5) is 16.2 Å². The highest BCUT2D eigenvalue weighted by molar-refractivity contribution is 5.93. The van der Waals surface area contributed by atoms with Crippen LogP contribution in [0.3, 0.4) is 0 Å². The third-order valence-corrected chi connectivity index (χ3v) is 3.73. The van der Waals surface area contributed by atoms with Gasteiger partial charge in [-0.25, -0.2) is 4.79 Å². The van der Waals surface area contributed by atoms with E-state index in [9.17, 15) is 9.59 Å². The van der Waals surface area contributed by atoms with Gasteiger partial charge in [0, 0.05) is 17.4 Å². The first-order chi connectivity index (χ1) is 12.8. The van der Waals surface area contributed by atoms with Crippen LogP contribution in [0.15, 0.2) is 48.5 Å². The summed E-state index contributed by atoms with van der Waals surface area (Å²) in [5.74, 6) is 0.221. The van der Waals surface area contributed by atoms with E-state index in [4.69, 9.17) is 9.47 Å². The van der Waals surface area contributed by atoms with Crippen LogP contribution < -0.4 is 15.4 Å². The number of para-hydroxylation sites is 1. The van der Waals surface area contributed by atoms with E-state index in [2.05, 4.69) is 31.4 Å². The molecule has 6 heteroatoms. The number of hydrogen-bond acceptors (Lipinski definition) is 4. The quantitative estimate of drug-likeness (QED) is 0.781. The Hall–Kier alpha value is -3.02. The minimum atomic E-state index is -0.536. The normalized spacial score (nSPS) is 10.8. The number of hydrogen-bond donors (Lipinski definition) is 2. The Labute approximate surface area is 159 Å². The monoisotopic (exact) mass is 370 g/mol. The van der Waals surface area contributed by atoms with Gasteiger partial charge in [-0.15, -0.1) is 0 Å². The number of nitrogens with one attached hydrogen (secondary N) is 2. The van der Waals surface area contributed by atoms with Crippen LogP contribution in [-0.2, 0) is 14.9 Å². The van der Waals surface area contributed by atoms with E-state index >= 15 is 0 Å². The molecule has 0 saturated heterocycles. The molecule has 0 aliphatic heterocycles. The average molecular weight is 370 g/mol. The molecule has 0 radical (unpaired) electrons. The Bertz CT molecular complexity index is 797. The van der Waals surface area contributed by atoms with E-state index in [0.29, 0.717) is 11.4 Å². The number of anilines is 2. The van der Waals surface area contributed by atoms with Crippen LogP contribution >= 0.6 is 0 Å². The zero-order chi connectivity index (χ0) is 19.9. The molecule has 0 aliphatic rings. The lowest BCUT2D eigenvalue weighted by atomic mass is 9.86. The molecule has 27 heavy (non-hydrogen) atoms. The van der Waals surface area contributed by atoms with Gasteiger partial charge in [0.25, 0.3) is 5.91 Å². The fraction of sp³-hybridized carbons (Fsp3) is 0.333. The molecule has 0 aromatic heterocycles. The lowest BCUT2D eigenvalue weighted by molar-refractivity contribution is -0.118. The minimum Gasteiger partial charge on any atom is -0.484 e. The van der Waals surface area contributed by atoms with Crippen molar-refractivity contribution in [2.24, 2.45) is 0 Å². The van der Waals surface area contributed by atoms with Crippen LogP contribution in [0.25, 0.3) is 0 Å². The molecule has 0 bridgehead atoms. The van der Waals surface area contributed by atoms with E-state index in [1.165, 1.54) is 0 Å². The van der Waals surface area contributed by atoms with Gasteiger partial charge < -0.3 is 14.8 Å². The molecule has 2 aromatic rings. The second-order valence-corrected chi connectivity index (χ2v) is 7.01. The second-order valence-electron chi connectivity index (χ2n) is 7.01. The zero-order valence-electron chi connectivity index (χ0n) is 16.2. The number of carbonyl (C=O) groups is 2. The Morgan fingerprint density at radius 3 is 2.44 bits per heavy atom. The number of carbonyl (C=O) groups excluding carboxylic acids is 2. The lowest BCUT2D eigenvalue weighted by Crippen LogP contribution is -2.23. The van der Waals surface area contributed by atoms with E-state index in [1.54, 1.807) is 31.2 Å². The molecular weight excluding hydrogens is 344 g/mol. The number of benzene rings is 2. The third kappa shape index (κ3) is 6.33. The molecule has 0 heterocycles. The molecule has 0 atom stereocenters. The van der Waals surface area contributed by atoms with Gasteiger partial charge in [0.15, 0.2) is 6.61 Å². The summed E-state index contributed by atoms with van der Waals surface area (Å²) in [6, 6.07) is 14.5. The van der Waals surface area contributed by atoms with Gasteiger partial charge in [0.2, 0.25) is 0 Å². The average Bonchev–Trinajstić information content (AvgIpc) is 2.60. The summed E-state index contributed by atoms with van der Waals surface area (Å²) < 4.78 is 10.4. The molecule has 2 N–H and O–H groups in total. The fourth-order valence-electron chi connectivity index (χ4n) is 2.53. The first kappa shape index (κ1) is 20.3. The van der Waals surface area contributed by atoms with Crippen LogP contribution in [0, 0.1) is 0 Å². The maximum atomic E-state index is 12.3. The van der Waals surface area contributed by atoms with Crippen molar-refractivity contribution in [3.63, 3.8) is 0 Å². The number of ether oxygens (including phenoxy) is 2. The van der Waals surface area contributed by atoms with Gasteiger partial charge in [0.05, 0.1) is 6.61 Å². The number of rotatable bonds is 6. The first-order valence-corrected chi connectivity index (χ1v) is 8.85. The van der Waals surface area contributed by atoms with Crippen molar-refractivity contribution in [3.05, 3.63) is 54.1 Å². The summed E-state index contributed by atoms with van der Waals surface area (Å²) in [6.45, 7) is 8.17. The summed E-state index contributed by atoms with van der Waals surface area (Å²) in [4.78, 5) is 23.8. The van der Waals surface area contributed by atoms with Crippen molar-refractivity contribution in [3.8, 4) is 5.75 Å². The largest absolute Gasteiger partial charge is 0.484 e. The number of amides is 2. The summed E-state index contributed by atoms with van der Waals surface area (Å²) in [5, 5.41) is 5.49. The second kappa shape index (κ2) is 9.07. The highest BCUT2D eigenvalue weighted by Crippen LogP contribution is 2.29. The molecule has 0 aliphatic carbocycles. The van der Waals surface area contributed by atoms with Gasteiger partial charge in [-0.1, -0.05) is 45.0 Å². The van der Waals surface area contributed by atoms with E-state index in [-0.39, 0.29) is 24.5 Å². The van der Waals surface area contributed by atoms with Crippen molar-refractivity contribution in [2.75, 3.05) is 23.8 Å². The Morgan fingerprint density at radius 2 is 1.74 bits per heavy atom. The van der Waals surface area contributed by atoms with Crippen molar-refractivity contribution in [1.29, 1.82) is 0 Å². The van der Waals surface area contributed by atoms with Gasteiger partial charge in [-0.05, 0) is 36.1 Å². The smallest absolute Gasteiger partial charge is 0.411 e. The SMILES string of the molecule is CCOC(=O)Nc1cccc(OCC(=O)Nc2ccccc2C(C)(C)C)c1.